The number of aliphatic hydroxyl groups is 1. The third-order valence-electron chi connectivity index (χ3n) is 5.98. The van der Waals surface area contributed by atoms with Gasteiger partial charge in [-0.3, -0.25) is 4.98 Å². The van der Waals surface area contributed by atoms with Crippen molar-refractivity contribution in [3.05, 3.63) is 59.7 Å². The molecule has 2 bridgehead atoms. The first-order valence-electron chi connectivity index (χ1n) is 9.69. The van der Waals surface area contributed by atoms with Crippen LogP contribution in [0.25, 0.3) is 0 Å². The van der Waals surface area contributed by atoms with E-state index in [1.54, 1.807) is 0 Å². The van der Waals surface area contributed by atoms with E-state index in [0.29, 0.717) is 12.2 Å². The Kier molecular flexibility index (Phi) is 5.46. The van der Waals surface area contributed by atoms with E-state index < -0.39 is 23.8 Å². The molecule has 3 heterocycles. The summed E-state index contributed by atoms with van der Waals surface area (Å²) in [6, 6.07) is 6.86. The van der Waals surface area contributed by atoms with E-state index in [9.17, 15) is 22.7 Å². The molecule has 0 unspecified atom stereocenters. The van der Waals surface area contributed by atoms with Gasteiger partial charge in [0.15, 0.2) is 0 Å². The van der Waals surface area contributed by atoms with Crippen molar-refractivity contribution in [2.75, 3.05) is 6.61 Å². The van der Waals surface area contributed by atoms with Gasteiger partial charge in [0.05, 0.1) is 25.5 Å². The number of ether oxygens (including phenoxy) is 2. The van der Waals surface area contributed by atoms with Crippen molar-refractivity contribution in [2.24, 2.45) is 0 Å². The minimum atomic E-state index is -4.72. The zero-order chi connectivity index (χ0) is 21.4. The molecule has 1 atom stereocenters. The van der Waals surface area contributed by atoms with E-state index in [0.717, 1.165) is 37.4 Å². The second kappa shape index (κ2) is 7.79. The van der Waals surface area contributed by atoms with Gasteiger partial charge in [0.25, 0.3) is 0 Å². The Balaban J connectivity index is 1.32. The molecule has 0 saturated carbocycles. The first kappa shape index (κ1) is 21.0. The Labute approximate surface area is 171 Å². The molecule has 4 rings (SSSR count). The zero-order valence-corrected chi connectivity index (χ0v) is 16.1. The Hall–Kier alpha value is -2.23. The van der Waals surface area contributed by atoms with E-state index in [1.807, 2.05) is 0 Å². The molecule has 9 heteroatoms. The van der Waals surface area contributed by atoms with E-state index in [1.165, 1.54) is 36.5 Å². The molecule has 5 nitrogen and oxygen atoms in total. The van der Waals surface area contributed by atoms with E-state index in [-0.39, 0.29) is 17.9 Å². The Bertz CT molecular complexity index is 881. The van der Waals surface area contributed by atoms with Crippen molar-refractivity contribution >= 4 is 0 Å². The number of alkyl halides is 3. The fourth-order valence-corrected chi connectivity index (χ4v) is 4.52. The molecule has 2 saturated heterocycles. The van der Waals surface area contributed by atoms with Gasteiger partial charge in [0, 0.05) is 22.8 Å². The molecule has 1 aromatic heterocycles. The SMILES string of the molecule is O[C@@H](c1cncc(F)c1)C12CCC(COCc3ccc(OC(F)(F)F)cc3)(CC1)N2. The topological polar surface area (TPSA) is 63.6 Å². The maximum absolute atomic E-state index is 13.5. The lowest BCUT2D eigenvalue weighted by Gasteiger charge is -2.32. The van der Waals surface area contributed by atoms with Crippen molar-refractivity contribution < 1.29 is 32.1 Å². The van der Waals surface area contributed by atoms with Gasteiger partial charge >= 0.3 is 6.36 Å². The Morgan fingerprint density at radius 3 is 2.43 bits per heavy atom. The third-order valence-corrected chi connectivity index (χ3v) is 5.98. The van der Waals surface area contributed by atoms with Gasteiger partial charge < -0.3 is 19.9 Å². The van der Waals surface area contributed by atoms with E-state index >= 15 is 0 Å². The minimum Gasteiger partial charge on any atom is -0.406 e. The van der Waals surface area contributed by atoms with Crippen LogP contribution < -0.4 is 10.1 Å². The average Bonchev–Trinajstić information content (AvgIpc) is 3.25. The molecule has 0 aliphatic carbocycles. The zero-order valence-electron chi connectivity index (χ0n) is 16.1. The fraction of sp³-hybridized carbons (Fsp3) is 0.476. The van der Waals surface area contributed by atoms with Crippen LogP contribution in [-0.4, -0.2) is 34.1 Å². The number of nitrogens with one attached hydrogen (secondary N) is 1. The lowest BCUT2D eigenvalue weighted by Crippen LogP contribution is -2.48. The first-order chi connectivity index (χ1) is 14.2. The summed E-state index contributed by atoms with van der Waals surface area (Å²) < 4.78 is 59.9. The molecule has 0 amide bonds. The summed E-state index contributed by atoms with van der Waals surface area (Å²) in [6.45, 7) is 0.656. The van der Waals surface area contributed by atoms with E-state index in [2.05, 4.69) is 15.0 Å². The van der Waals surface area contributed by atoms with Crippen LogP contribution in [0.3, 0.4) is 0 Å². The number of aliphatic hydroxyl groups excluding tert-OH is 1. The fourth-order valence-electron chi connectivity index (χ4n) is 4.52. The van der Waals surface area contributed by atoms with Crippen LogP contribution in [0, 0.1) is 5.82 Å². The molecule has 1 aromatic carbocycles. The monoisotopic (exact) mass is 426 g/mol. The number of hydrogen-bond donors (Lipinski definition) is 2. The van der Waals surface area contributed by atoms with Crippen molar-refractivity contribution in [1.82, 2.24) is 10.3 Å². The minimum absolute atomic E-state index is 0.249. The second-order valence-corrected chi connectivity index (χ2v) is 8.09. The van der Waals surface area contributed by atoms with Crippen molar-refractivity contribution in [1.29, 1.82) is 0 Å². The molecular weight excluding hydrogens is 404 g/mol. The van der Waals surface area contributed by atoms with Crippen LogP contribution in [-0.2, 0) is 11.3 Å². The van der Waals surface area contributed by atoms with Gasteiger partial charge in [0.1, 0.15) is 11.6 Å². The summed E-state index contributed by atoms with van der Waals surface area (Å²) in [6.07, 6.45) is 0.0827. The molecule has 2 N–H and O–H groups in total. The quantitative estimate of drug-likeness (QED) is 0.655. The van der Waals surface area contributed by atoms with Crippen LogP contribution in [0.5, 0.6) is 5.75 Å². The molecule has 0 spiro atoms. The molecular formula is C21H22F4N2O3. The van der Waals surface area contributed by atoms with Gasteiger partial charge in [-0.05, 0) is 49.4 Å². The highest BCUT2D eigenvalue weighted by atomic mass is 19.4. The number of hydrogen-bond acceptors (Lipinski definition) is 5. The van der Waals surface area contributed by atoms with Crippen LogP contribution in [0.15, 0.2) is 42.7 Å². The number of fused-ring (bicyclic) bond motifs is 2. The van der Waals surface area contributed by atoms with Crippen LogP contribution >= 0.6 is 0 Å². The summed E-state index contributed by atoms with van der Waals surface area (Å²) in [5, 5.41) is 14.4. The van der Waals surface area contributed by atoms with Crippen LogP contribution in [0.2, 0.25) is 0 Å². The third kappa shape index (κ3) is 4.43. The summed E-state index contributed by atoms with van der Waals surface area (Å²) in [4.78, 5) is 3.82. The number of aromatic nitrogens is 1. The normalized spacial score (nSPS) is 26.7. The number of nitrogens with zero attached hydrogens (tertiary/aromatic N) is 1. The highest BCUT2D eigenvalue weighted by molar-refractivity contribution is 5.27. The maximum atomic E-state index is 13.5. The predicted molar refractivity (Wildman–Crippen MR) is 99.0 cm³/mol. The van der Waals surface area contributed by atoms with E-state index in [4.69, 9.17) is 4.74 Å². The lowest BCUT2D eigenvalue weighted by molar-refractivity contribution is -0.274. The molecule has 2 aliphatic heterocycles. The number of rotatable bonds is 7. The van der Waals surface area contributed by atoms with Crippen LogP contribution in [0.1, 0.15) is 42.9 Å². The standard InChI is InChI=1S/C21H22F4N2O3/c22-16-9-15(10-26-11-16)18(28)20-7-5-19(27-20,6-8-20)13-29-12-14-1-3-17(4-2-14)30-21(23,24)25/h1-4,9-11,18,27-28H,5-8,12-13H2/t18-,19?,20?/m0/s1. The lowest BCUT2D eigenvalue weighted by atomic mass is 9.78. The second-order valence-electron chi connectivity index (χ2n) is 8.09. The van der Waals surface area contributed by atoms with Crippen molar-refractivity contribution in [2.45, 2.75) is 55.8 Å². The summed E-state index contributed by atoms with van der Waals surface area (Å²) in [5.74, 6) is -0.760. The number of benzene rings is 1. The summed E-state index contributed by atoms with van der Waals surface area (Å²) in [5.41, 5.74) is 0.368. The molecule has 162 valence electrons. The summed E-state index contributed by atoms with van der Waals surface area (Å²) in [7, 11) is 0. The summed E-state index contributed by atoms with van der Waals surface area (Å²) >= 11 is 0. The highest BCUT2D eigenvalue weighted by Crippen LogP contribution is 2.50. The van der Waals surface area contributed by atoms with Gasteiger partial charge in [-0.1, -0.05) is 12.1 Å². The van der Waals surface area contributed by atoms with Crippen molar-refractivity contribution in [3.63, 3.8) is 0 Å². The number of pyridine rings is 1. The van der Waals surface area contributed by atoms with Gasteiger partial charge in [-0.15, -0.1) is 13.2 Å². The van der Waals surface area contributed by atoms with Gasteiger partial charge in [0.2, 0.25) is 0 Å². The molecule has 2 aliphatic rings. The molecule has 30 heavy (non-hydrogen) atoms. The van der Waals surface area contributed by atoms with Crippen LogP contribution in [0.4, 0.5) is 17.6 Å². The first-order valence-corrected chi connectivity index (χ1v) is 9.69. The molecule has 0 radical (unpaired) electrons. The molecule has 2 aromatic rings. The maximum Gasteiger partial charge on any atom is 0.573 e. The Morgan fingerprint density at radius 1 is 1.10 bits per heavy atom. The van der Waals surface area contributed by atoms with Crippen molar-refractivity contribution in [3.8, 4) is 5.75 Å². The smallest absolute Gasteiger partial charge is 0.406 e. The molecule has 2 fully saturated rings. The Morgan fingerprint density at radius 2 is 1.80 bits per heavy atom. The largest absolute Gasteiger partial charge is 0.573 e. The predicted octanol–water partition coefficient (Wildman–Crippen LogP) is 4.02. The average molecular weight is 426 g/mol. The van der Waals surface area contributed by atoms with Gasteiger partial charge in [-0.25, -0.2) is 4.39 Å². The highest BCUT2D eigenvalue weighted by Gasteiger charge is 2.57. The van der Waals surface area contributed by atoms with Gasteiger partial charge in [-0.2, -0.15) is 0 Å². The number of halogens is 4.